The molecule has 2 aliphatic heterocycles. The summed E-state index contributed by atoms with van der Waals surface area (Å²) < 4.78 is 31.2. The van der Waals surface area contributed by atoms with Crippen molar-refractivity contribution in [3.8, 4) is 17.0 Å². The number of likely N-dealkylation sites (tertiary alicyclic amines) is 1. The Morgan fingerprint density at radius 3 is 2.88 bits per heavy atom. The number of aryl methyl sites for hydroxylation is 1. The Morgan fingerprint density at radius 2 is 2.12 bits per heavy atom. The Labute approximate surface area is 188 Å². The van der Waals surface area contributed by atoms with Gasteiger partial charge in [-0.25, -0.2) is 4.39 Å². The number of alkyl halides is 1. The number of piperidine rings is 1. The van der Waals surface area contributed by atoms with Gasteiger partial charge < -0.3 is 24.4 Å². The van der Waals surface area contributed by atoms with E-state index in [2.05, 4.69) is 16.5 Å². The summed E-state index contributed by atoms with van der Waals surface area (Å²) >= 11 is 0. The fourth-order valence-corrected chi connectivity index (χ4v) is 5.07. The van der Waals surface area contributed by atoms with Crippen LogP contribution in [0.1, 0.15) is 36.0 Å². The van der Waals surface area contributed by atoms with Crippen molar-refractivity contribution in [2.24, 2.45) is 0 Å². The minimum absolute atomic E-state index is 0.00921. The van der Waals surface area contributed by atoms with Crippen LogP contribution < -0.4 is 10.1 Å². The number of methoxy groups -OCH3 is 1. The highest BCUT2D eigenvalue weighted by Crippen LogP contribution is 2.55. The zero-order chi connectivity index (χ0) is 22.3. The molecule has 1 spiro atoms. The molecule has 8 heteroatoms. The SMILES string of the molecule is COCOc1cc(C)ccc1-c1nnc(N[C@@H]2C[C@@H](F)CN(C)C2)c2c1C1(CC1)COC2. The van der Waals surface area contributed by atoms with Gasteiger partial charge in [-0.3, -0.25) is 0 Å². The number of aromatic nitrogens is 2. The molecule has 0 amide bonds. The second-order valence-corrected chi connectivity index (χ2v) is 9.47. The van der Waals surface area contributed by atoms with Gasteiger partial charge in [0.2, 0.25) is 0 Å². The Hall–Kier alpha value is -2.29. The highest BCUT2D eigenvalue weighted by atomic mass is 19.1. The third-order valence-electron chi connectivity index (χ3n) is 6.73. The van der Waals surface area contributed by atoms with Crippen molar-refractivity contribution in [3.05, 3.63) is 34.9 Å². The maximum atomic E-state index is 14.2. The summed E-state index contributed by atoms with van der Waals surface area (Å²) in [4.78, 5) is 2.02. The molecule has 0 unspecified atom stereocenters. The first-order chi connectivity index (χ1) is 15.5. The number of fused-ring (bicyclic) bond motifs is 2. The van der Waals surface area contributed by atoms with Gasteiger partial charge in [-0.05, 0) is 50.1 Å². The molecular weight excluding hydrogens is 411 g/mol. The van der Waals surface area contributed by atoms with Gasteiger partial charge in [0.25, 0.3) is 0 Å². The van der Waals surface area contributed by atoms with Crippen LogP contribution >= 0.6 is 0 Å². The second-order valence-electron chi connectivity index (χ2n) is 9.47. The van der Waals surface area contributed by atoms with Gasteiger partial charge in [-0.15, -0.1) is 10.2 Å². The minimum atomic E-state index is -0.839. The van der Waals surface area contributed by atoms with Crippen molar-refractivity contribution < 1.29 is 18.6 Å². The Morgan fingerprint density at radius 1 is 1.28 bits per heavy atom. The summed E-state index contributed by atoms with van der Waals surface area (Å²) in [5, 5.41) is 12.8. The standard InChI is InChI=1S/C24H31FN4O3/c1-15-4-5-18(20(8-15)32-14-30-3)22-21-19(12-31-13-24(21)6-7-24)23(28-27-22)26-17-9-16(25)10-29(2)11-17/h4-5,8,16-17H,6-7,9-14H2,1-3H3,(H,26,28)/t16-,17-/m1/s1. The number of benzene rings is 1. The Kier molecular flexibility index (Phi) is 5.77. The third-order valence-corrected chi connectivity index (χ3v) is 6.73. The fraction of sp³-hybridized carbons (Fsp3) is 0.583. The van der Waals surface area contributed by atoms with Crippen molar-refractivity contribution in [2.75, 3.05) is 46.0 Å². The highest BCUT2D eigenvalue weighted by molar-refractivity contribution is 5.75. The van der Waals surface area contributed by atoms with E-state index in [0.717, 1.165) is 47.5 Å². The lowest BCUT2D eigenvalue weighted by Gasteiger charge is -2.34. The smallest absolute Gasteiger partial charge is 0.188 e. The van der Waals surface area contributed by atoms with Gasteiger partial charge >= 0.3 is 0 Å². The fourth-order valence-electron chi connectivity index (χ4n) is 5.07. The first-order valence-electron chi connectivity index (χ1n) is 11.3. The van der Waals surface area contributed by atoms with Gasteiger partial charge in [0.15, 0.2) is 12.6 Å². The summed E-state index contributed by atoms with van der Waals surface area (Å²) in [6, 6.07) is 6.11. The molecule has 1 N–H and O–H groups in total. The van der Waals surface area contributed by atoms with Gasteiger partial charge in [-0.2, -0.15) is 0 Å². The molecule has 5 rings (SSSR count). The summed E-state index contributed by atoms with van der Waals surface area (Å²) in [5.74, 6) is 1.45. The van der Waals surface area contributed by atoms with Crippen LogP contribution in [0.25, 0.3) is 11.3 Å². The number of nitrogens with one attached hydrogen (secondary N) is 1. The van der Waals surface area contributed by atoms with E-state index in [0.29, 0.717) is 32.0 Å². The van der Waals surface area contributed by atoms with E-state index in [-0.39, 0.29) is 18.2 Å². The van der Waals surface area contributed by atoms with E-state index in [4.69, 9.17) is 19.3 Å². The first kappa shape index (κ1) is 21.6. The lowest BCUT2D eigenvalue weighted by atomic mass is 9.86. The molecule has 0 radical (unpaired) electrons. The van der Waals surface area contributed by atoms with E-state index >= 15 is 0 Å². The normalized spacial score (nSPS) is 24.2. The number of halogens is 1. The third kappa shape index (κ3) is 4.07. The summed E-state index contributed by atoms with van der Waals surface area (Å²) in [6.07, 6.45) is 1.77. The maximum absolute atomic E-state index is 14.2. The number of nitrogens with zero attached hydrogens (tertiary/aromatic N) is 3. The lowest BCUT2D eigenvalue weighted by molar-refractivity contribution is 0.0514. The van der Waals surface area contributed by atoms with Crippen LogP contribution in [-0.4, -0.2) is 68.0 Å². The molecule has 1 aromatic heterocycles. The van der Waals surface area contributed by atoms with Crippen LogP contribution in [0.2, 0.25) is 0 Å². The molecule has 32 heavy (non-hydrogen) atoms. The van der Waals surface area contributed by atoms with E-state index in [1.54, 1.807) is 7.11 Å². The summed E-state index contributed by atoms with van der Waals surface area (Å²) in [5.41, 5.74) is 5.09. The molecule has 2 aromatic rings. The van der Waals surface area contributed by atoms with Crippen molar-refractivity contribution in [2.45, 2.75) is 50.4 Å². The topological polar surface area (TPSA) is 68.7 Å². The Balaban J connectivity index is 1.56. The van der Waals surface area contributed by atoms with Gasteiger partial charge in [0.05, 0.1) is 13.2 Å². The van der Waals surface area contributed by atoms with Crippen LogP contribution in [-0.2, 0) is 21.5 Å². The average molecular weight is 443 g/mol. The van der Waals surface area contributed by atoms with E-state index in [9.17, 15) is 4.39 Å². The van der Waals surface area contributed by atoms with Gasteiger partial charge in [0, 0.05) is 49.2 Å². The van der Waals surface area contributed by atoms with Crippen molar-refractivity contribution in [1.29, 1.82) is 0 Å². The molecule has 2 fully saturated rings. The summed E-state index contributed by atoms with van der Waals surface area (Å²) in [6.45, 7) is 4.62. The largest absolute Gasteiger partial charge is 0.467 e. The number of ether oxygens (including phenoxy) is 3. The zero-order valence-electron chi connectivity index (χ0n) is 19.0. The number of anilines is 1. The predicted molar refractivity (Wildman–Crippen MR) is 120 cm³/mol. The second kappa shape index (κ2) is 8.57. The van der Waals surface area contributed by atoms with Crippen molar-refractivity contribution in [1.82, 2.24) is 15.1 Å². The molecule has 7 nitrogen and oxygen atoms in total. The van der Waals surface area contributed by atoms with E-state index < -0.39 is 6.17 Å². The lowest BCUT2D eigenvalue weighted by Crippen LogP contribution is -2.45. The molecule has 1 aromatic carbocycles. The minimum Gasteiger partial charge on any atom is -0.467 e. The molecule has 1 saturated carbocycles. The highest BCUT2D eigenvalue weighted by Gasteiger charge is 2.51. The number of rotatable bonds is 6. The molecule has 172 valence electrons. The molecular formula is C24H31FN4O3. The van der Waals surface area contributed by atoms with Gasteiger partial charge in [0.1, 0.15) is 17.6 Å². The monoisotopic (exact) mass is 442 g/mol. The molecule has 1 saturated heterocycles. The number of likely N-dealkylation sites (N-methyl/N-ethyl adjacent to an activating group) is 1. The van der Waals surface area contributed by atoms with Crippen LogP contribution in [0.5, 0.6) is 5.75 Å². The van der Waals surface area contributed by atoms with Crippen LogP contribution in [0, 0.1) is 6.92 Å². The average Bonchev–Trinajstić information content (AvgIpc) is 3.52. The molecule has 2 atom stereocenters. The molecule has 1 aliphatic carbocycles. The van der Waals surface area contributed by atoms with Crippen molar-refractivity contribution in [3.63, 3.8) is 0 Å². The molecule has 3 aliphatic rings. The quantitative estimate of drug-likeness (QED) is 0.687. The summed E-state index contributed by atoms with van der Waals surface area (Å²) in [7, 11) is 3.56. The zero-order valence-corrected chi connectivity index (χ0v) is 19.0. The molecule has 3 heterocycles. The van der Waals surface area contributed by atoms with Crippen LogP contribution in [0.4, 0.5) is 10.2 Å². The number of hydrogen-bond donors (Lipinski definition) is 1. The van der Waals surface area contributed by atoms with E-state index in [1.807, 2.05) is 31.0 Å². The predicted octanol–water partition coefficient (Wildman–Crippen LogP) is 3.45. The van der Waals surface area contributed by atoms with Gasteiger partial charge in [-0.1, -0.05) is 6.07 Å². The Bertz CT molecular complexity index is 987. The van der Waals surface area contributed by atoms with Crippen LogP contribution in [0.15, 0.2) is 18.2 Å². The van der Waals surface area contributed by atoms with E-state index in [1.165, 1.54) is 5.56 Å². The molecule has 0 bridgehead atoms. The van der Waals surface area contributed by atoms with Crippen molar-refractivity contribution >= 4 is 5.82 Å². The van der Waals surface area contributed by atoms with Crippen LogP contribution in [0.3, 0.4) is 0 Å². The first-order valence-corrected chi connectivity index (χ1v) is 11.3. The number of hydrogen-bond acceptors (Lipinski definition) is 7. The maximum Gasteiger partial charge on any atom is 0.188 e.